The normalized spacial score (nSPS) is 12.4. The summed E-state index contributed by atoms with van der Waals surface area (Å²) in [5.74, 6) is 0. The molecule has 0 atom stereocenters. The van der Waals surface area contributed by atoms with Gasteiger partial charge >= 0.3 is 0 Å². The number of nitrogens with one attached hydrogen (secondary N) is 1. The molecule has 0 amide bonds. The lowest BCUT2D eigenvalue weighted by atomic mass is 10.2. The van der Waals surface area contributed by atoms with E-state index in [1.165, 1.54) is 10.5 Å². The fourth-order valence-corrected chi connectivity index (χ4v) is 3.77. The molecule has 0 saturated carbocycles. The van der Waals surface area contributed by atoms with Crippen LogP contribution in [0.4, 0.5) is 0 Å². The Labute approximate surface area is 107 Å². The summed E-state index contributed by atoms with van der Waals surface area (Å²) in [5, 5.41) is 0.685. The van der Waals surface area contributed by atoms with Crippen LogP contribution in [0.25, 0.3) is 11.0 Å². The zero-order chi connectivity index (χ0) is 13.3. The number of sulfonamides is 1. The number of fused-ring (bicyclic) bond motifs is 1. The van der Waals surface area contributed by atoms with E-state index in [0.717, 1.165) is 5.56 Å². The molecule has 5 nitrogen and oxygen atoms in total. The molecule has 0 aromatic carbocycles. The minimum Gasteiger partial charge on any atom is -0.345 e. The van der Waals surface area contributed by atoms with E-state index in [4.69, 9.17) is 0 Å². The topological polar surface area (TPSA) is 66.1 Å². The number of nitrogens with zero attached hydrogens (tertiary/aromatic N) is 2. The fraction of sp³-hybridized carbons (Fsp3) is 0.417. The molecule has 0 saturated heterocycles. The molecule has 0 aliphatic heterocycles. The lowest BCUT2D eigenvalue weighted by Crippen LogP contribution is -2.30. The first-order valence-electron chi connectivity index (χ1n) is 5.95. The van der Waals surface area contributed by atoms with E-state index in [9.17, 15) is 8.42 Å². The van der Waals surface area contributed by atoms with E-state index in [-0.39, 0.29) is 0 Å². The molecule has 2 heterocycles. The van der Waals surface area contributed by atoms with Crippen LogP contribution in [0.15, 0.2) is 23.4 Å². The predicted molar refractivity (Wildman–Crippen MR) is 70.9 cm³/mol. The molecule has 0 spiro atoms. The number of aromatic nitrogens is 2. The molecule has 0 unspecified atom stereocenters. The third-order valence-corrected chi connectivity index (χ3v) is 5.14. The molecule has 0 aliphatic rings. The van der Waals surface area contributed by atoms with Crippen molar-refractivity contribution in [3.8, 4) is 0 Å². The molecule has 1 N–H and O–H groups in total. The van der Waals surface area contributed by atoms with Crippen molar-refractivity contribution >= 4 is 21.1 Å². The zero-order valence-electron chi connectivity index (χ0n) is 10.8. The Morgan fingerprint density at radius 3 is 2.61 bits per heavy atom. The molecule has 18 heavy (non-hydrogen) atoms. The Morgan fingerprint density at radius 1 is 1.33 bits per heavy atom. The molecular formula is C12H17N3O2S. The van der Waals surface area contributed by atoms with Crippen molar-refractivity contribution < 1.29 is 8.42 Å². The Bertz CT molecular complexity index is 657. The van der Waals surface area contributed by atoms with Crippen molar-refractivity contribution in [1.29, 1.82) is 0 Å². The lowest BCUT2D eigenvalue weighted by molar-refractivity contribution is 0.446. The fourth-order valence-electron chi connectivity index (χ4n) is 2.09. The van der Waals surface area contributed by atoms with E-state index >= 15 is 0 Å². The van der Waals surface area contributed by atoms with E-state index in [2.05, 4.69) is 9.97 Å². The first kappa shape index (κ1) is 13.0. The molecule has 0 radical (unpaired) electrons. The average Bonchev–Trinajstić information content (AvgIpc) is 2.76. The number of H-pyrrole nitrogens is 1. The minimum atomic E-state index is -3.44. The molecule has 2 aromatic heterocycles. The Hall–Kier alpha value is -1.40. The number of pyridine rings is 1. The number of rotatable bonds is 4. The van der Waals surface area contributed by atoms with Gasteiger partial charge in [0.2, 0.25) is 10.0 Å². The van der Waals surface area contributed by atoms with Crippen LogP contribution in [0, 0.1) is 6.92 Å². The first-order valence-corrected chi connectivity index (χ1v) is 7.39. The van der Waals surface area contributed by atoms with Gasteiger partial charge in [0.15, 0.2) is 0 Å². The van der Waals surface area contributed by atoms with Crippen LogP contribution in [0.3, 0.4) is 0 Å². The highest BCUT2D eigenvalue weighted by molar-refractivity contribution is 7.89. The first-order chi connectivity index (χ1) is 8.52. The SMILES string of the molecule is CCN(CC)S(=O)(=O)c1c[nH]c2nccc(C)c12. The third kappa shape index (κ3) is 1.91. The standard InChI is InChI=1S/C12H17N3O2S/c1-4-15(5-2)18(16,17)10-8-14-12-11(10)9(3)6-7-13-12/h6-8H,4-5H2,1-3H3,(H,13,14). The summed E-state index contributed by atoms with van der Waals surface area (Å²) in [6.07, 6.45) is 3.19. The zero-order valence-corrected chi connectivity index (χ0v) is 11.6. The molecule has 2 aromatic rings. The largest absolute Gasteiger partial charge is 0.345 e. The second-order valence-electron chi connectivity index (χ2n) is 4.09. The van der Waals surface area contributed by atoms with Crippen LogP contribution in [-0.4, -0.2) is 35.8 Å². The van der Waals surface area contributed by atoms with Gasteiger partial charge in [0, 0.05) is 30.9 Å². The summed E-state index contributed by atoms with van der Waals surface area (Å²) in [4.78, 5) is 7.38. The number of hydrogen-bond acceptors (Lipinski definition) is 3. The van der Waals surface area contributed by atoms with Crippen molar-refractivity contribution in [2.45, 2.75) is 25.7 Å². The van der Waals surface area contributed by atoms with Gasteiger partial charge in [0.05, 0.1) is 0 Å². The van der Waals surface area contributed by atoms with Crippen LogP contribution >= 0.6 is 0 Å². The van der Waals surface area contributed by atoms with Gasteiger partial charge < -0.3 is 4.98 Å². The number of aromatic amines is 1. The monoisotopic (exact) mass is 267 g/mol. The van der Waals surface area contributed by atoms with E-state index in [0.29, 0.717) is 29.0 Å². The van der Waals surface area contributed by atoms with Crippen molar-refractivity contribution in [2.75, 3.05) is 13.1 Å². The third-order valence-electron chi connectivity index (χ3n) is 3.07. The maximum absolute atomic E-state index is 12.5. The molecule has 0 fully saturated rings. The highest BCUT2D eigenvalue weighted by atomic mass is 32.2. The van der Waals surface area contributed by atoms with Crippen molar-refractivity contribution in [3.05, 3.63) is 24.0 Å². The van der Waals surface area contributed by atoms with Gasteiger partial charge in [0.25, 0.3) is 0 Å². The quantitative estimate of drug-likeness (QED) is 0.920. The van der Waals surface area contributed by atoms with Crippen molar-refractivity contribution in [3.63, 3.8) is 0 Å². The summed E-state index contributed by atoms with van der Waals surface area (Å²) in [6.45, 7) is 6.48. The van der Waals surface area contributed by atoms with Crippen LogP contribution < -0.4 is 0 Å². The highest BCUT2D eigenvalue weighted by Gasteiger charge is 2.25. The van der Waals surface area contributed by atoms with Gasteiger partial charge in [-0.2, -0.15) is 4.31 Å². The minimum absolute atomic E-state index is 0.312. The average molecular weight is 267 g/mol. The van der Waals surface area contributed by atoms with Gasteiger partial charge in [-0.05, 0) is 18.6 Å². The van der Waals surface area contributed by atoms with Gasteiger partial charge in [-0.1, -0.05) is 13.8 Å². The van der Waals surface area contributed by atoms with E-state index in [1.54, 1.807) is 6.20 Å². The summed E-state index contributed by atoms with van der Waals surface area (Å²) < 4.78 is 26.4. The van der Waals surface area contributed by atoms with Gasteiger partial charge in [0.1, 0.15) is 10.5 Å². The summed E-state index contributed by atoms with van der Waals surface area (Å²) in [5.41, 5.74) is 1.52. The summed E-state index contributed by atoms with van der Waals surface area (Å²) in [6, 6.07) is 1.82. The predicted octanol–water partition coefficient (Wildman–Crippen LogP) is 1.90. The Morgan fingerprint density at radius 2 is 2.00 bits per heavy atom. The van der Waals surface area contributed by atoms with E-state index in [1.807, 2.05) is 26.8 Å². The van der Waals surface area contributed by atoms with Crippen LogP contribution in [0.2, 0.25) is 0 Å². The second-order valence-corrected chi connectivity index (χ2v) is 6.00. The smallest absolute Gasteiger partial charge is 0.245 e. The molecule has 0 aliphatic carbocycles. The van der Waals surface area contributed by atoms with Crippen LogP contribution in [0.1, 0.15) is 19.4 Å². The molecule has 98 valence electrons. The summed E-state index contributed by atoms with van der Waals surface area (Å²) in [7, 11) is -3.44. The Balaban J connectivity index is 2.69. The van der Waals surface area contributed by atoms with E-state index < -0.39 is 10.0 Å². The van der Waals surface area contributed by atoms with Crippen molar-refractivity contribution in [2.24, 2.45) is 0 Å². The molecule has 2 rings (SSSR count). The summed E-state index contributed by atoms with van der Waals surface area (Å²) >= 11 is 0. The molecular weight excluding hydrogens is 250 g/mol. The van der Waals surface area contributed by atoms with Gasteiger partial charge in [-0.25, -0.2) is 13.4 Å². The maximum Gasteiger partial charge on any atom is 0.245 e. The highest BCUT2D eigenvalue weighted by Crippen LogP contribution is 2.26. The number of aryl methyl sites for hydroxylation is 1. The van der Waals surface area contributed by atoms with Gasteiger partial charge in [-0.3, -0.25) is 0 Å². The lowest BCUT2D eigenvalue weighted by Gasteiger charge is -2.17. The van der Waals surface area contributed by atoms with Crippen LogP contribution in [-0.2, 0) is 10.0 Å². The maximum atomic E-state index is 12.5. The second kappa shape index (κ2) is 4.70. The van der Waals surface area contributed by atoms with Crippen LogP contribution in [0.5, 0.6) is 0 Å². The molecule has 0 bridgehead atoms. The number of hydrogen-bond donors (Lipinski definition) is 1. The van der Waals surface area contributed by atoms with Gasteiger partial charge in [-0.15, -0.1) is 0 Å². The van der Waals surface area contributed by atoms with Crippen molar-refractivity contribution in [1.82, 2.24) is 14.3 Å². The molecule has 6 heteroatoms. The Kier molecular flexibility index (Phi) is 3.41.